The fourth-order valence-corrected chi connectivity index (χ4v) is 3.49. The van der Waals surface area contributed by atoms with E-state index in [-0.39, 0.29) is 29.5 Å². The van der Waals surface area contributed by atoms with Crippen molar-refractivity contribution < 1.29 is 19.1 Å². The van der Waals surface area contributed by atoms with E-state index < -0.39 is 0 Å². The third-order valence-electron chi connectivity index (χ3n) is 3.75. The SMILES string of the molecule is CC(=O)Nc1ccc(S[C@@H](C)C(=O)c2ccc3c(c2)NC(=O)CO3)cc1. The summed E-state index contributed by atoms with van der Waals surface area (Å²) >= 11 is 1.43. The van der Waals surface area contributed by atoms with Gasteiger partial charge in [0, 0.05) is 23.1 Å². The van der Waals surface area contributed by atoms with E-state index in [1.807, 2.05) is 19.1 Å². The number of thioether (sulfide) groups is 1. The number of ketones is 1. The molecule has 0 saturated heterocycles. The van der Waals surface area contributed by atoms with Crippen LogP contribution in [0.25, 0.3) is 0 Å². The smallest absolute Gasteiger partial charge is 0.262 e. The number of carbonyl (C=O) groups is 3. The van der Waals surface area contributed by atoms with Gasteiger partial charge < -0.3 is 15.4 Å². The van der Waals surface area contributed by atoms with Crippen molar-refractivity contribution in [2.24, 2.45) is 0 Å². The summed E-state index contributed by atoms with van der Waals surface area (Å²) in [7, 11) is 0. The molecule has 1 aliphatic rings. The fraction of sp³-hybridized carbons (Fsp3) is 0.211. The molecule has 1 heterocycles. The lowest BCUT2D eigenvalue weighted by molar-refractivity contribution is -0.118. The van der Waals surface area contributed by atoms with Crippen LogP contribution in [0.3, 0.4) is 0 Å². The van der Waals surface area contributed by atoms with Crippen molar-refractivity contribution >= 4 is 40.7 Å². The van der Waals surface area contributed by atoms with Crippen molar-refractivity contribution in [1.82, 2.24) is 0 Å². The van der Waals surface area contributed by atoms with Gasteiger partial charge in [0.1, 0.15) is 5.75 Å². The minimum atomic E-state index is -0.306. The number of benzene rings is 2. The Morgan fingerprint density at radius 2 is 1.92 bits per heavy atom. The number of hydrogen-bond donors (Lipinski definition) is 2. The summed E-state index contributed by atoms with van der Waals surface area (Å²) in [6.07, 6.45) is 0. The second kappa shape index (κ2) is 7.61. The molecule has 0 spiro atoms. The molecule has 2 aromatic rings. The first-order valence-electron chi connectivity index (χ1n) is 8.07. The number of rotatable bonds is 5. The molecule has 6 nitrogen and oxygen atoms in total. The van der Waals surface area contributed by atoms with Gasteiger partial charge in [-0.15, -0.1) is 11.8 Å². The van der Waals surface area contributed by atoms with Crippen molar-refractivity contribution in [2.75, 3.05) is 17.2 Å². The number of nitrogens with one attached hydrogen (secondary N) is 2. The van der Waals surface area contributed by atoms with Gasteiger partial charge in [0.25, 0.3) is 5.91 Å². The van der Waals surface area contributed by atoms with Crippen LogP contribution in [0.5, 0.6) is 5.75 Å². The van der Waals surface area contributed by atoms with E-state index in [4.69, 9.17) is 4.74 Å². The fourth-order valence-electron chi connectivity index (χ4n) is 2.55. The lowest BCUT2D eigenvalue weighted by Gasteiger charge is -2.19. The number of Topliss-reactive ketones (excluding diaryl/α,β-unsaturated/α-hetero) is 1. The molecule has 2 aromatic carbocycles. The number of carbonyl (C=O) groups excluding carboxylic acids is 3. The standard InChI is InChI=1S/C19H18N2O4S/c1-11(26-15-6-4-14(5-7-15)20-12(2)22)19(24)13-3-8-17-16(9-13)21-18(23)10-25-17/h3-9,11H,10H2,1-2H3,(H,20,22)(H,21,23)/t11-/m0/s1. The highest BCUT2D eigenvalue weighted by atomic mass is 32.2. The highest BCUT2D eigenvalue weighted by molar-refractivity contribution is 8.00. The number of amides is 2. The predicted molar refractivity (Wildman–Crippen MR) is 101 cm³/mol. The van der Waals surface area contributed by atoms with Gasteiger partial charge in [-0.2, -0.15) is 0 Å². The zero-order valence-corrected chi connectivity index (χ0v) is 15.2. The van der Waals surface area contributed by atoms with Gasteiger partial charge in [-0.1, -0.05) is 0 Å². The van der Waals surface area contributed by atoms with Crippen LogP contribution in [0.2, 0.25) is 0 Å². The third-order valence-corrected chi connectivity index (χ3v) is 4.87. The maximum Gasteiger partial charge on any atom is 0.262 e. The van der Waals surface area contributed by atoms with E-state index in [1.54, 1.807) is 30.3 Å². The van der Waals surface area contributed by atoms with Gasteiger partial charge in [-0.3, -0.25) is 14.4 Å². The Morgan fingerprint density at radius 3 is 2.62 bits per heavy atom. The highest BCUT2D eigenvalue weighted by Gasteiger charge is 2.21. The van der Waals surface area contributed by atoms with Gasteiger partial charge in [-0.05, 0) is 49.4 Å². The van der Waals surface area contributed by atoms with Gasteiger partial charge >= 0.3 is 0 Å². The van der Waals surface area contributed by atoms with Crippen molar-refractivity contribution in [3.8, 4) is 5.75 Å². The second-order valence-electron chi connectivity index (χ2n) is 5.88. The lowest BCUT2D eigenvalue weighted by Crippen LogP contribution is -2.25. The molecule has 0 aromatic heterocycles. The third kappa shape index (κ3) is 4.23. The highest BCUT2D eigenvalue weighted by Crippen LogP contribution is 2.31. The maximum atomic E-state index is 12.7. The summed E-state index contributed by atoms with van der Waals surface area (Å²) in [5.74, 6) is 0.166. The van der Waals surface area contributed by atoms with Crippen LogP contribution in [0.15, 0.2) is 47.4 Å². The largest absolute Gasteiger partial charge is 0.482 e. The number of anilines is 2. The van der Waals surface area contributed by atoms with Crippen LogP contribution >= 0.6 is 11.8 Å². The predicted octanol–water partition coefficient (Wildman–Crippen LogP) is 3.34. The Labute approximate surface area is 155 Å². The molecular formula is C19H18N2O4S. The monoisotopic (exact) mass is 370 g/mol. The maximum absolute atomic E-state index is 12.7. The molecule has 0 unspecified atom stereocenters. The second-order valence-corrected chi connectivity index (χ2v) is 7.29. The summed E-state index contributed by atoms with van der Waals surface area (Å²) in [6, 6.07) is 12.4. The van der Waals surface area contributed by atoms with Crippen LogP contribution in [0.1, 0.15) is 24.2 Å². The minimum Gasteiger partial charge on any atom is -0.482 e. The molecule has 0 saturated carbocycles. The lowest BCUT2D eigenvalue weighted by atomic mass is 10.1. The first-order valence-corrected chi connectivity index (χ1v) is 8.95. The molecule has 2 N–H and O–H groups in total. The molecule has 3 rings (SSSR count). The average molecular weight is 370 g/mol. The molecule has 0 fully saturated rings. The van der Waals surface area contributed by atoms with Gasteiger partial charge in [0.2, 0.25) is 5.91 Å². The molecule has 0 aliphatic carbocycles. The van der Waals surface area contributed by atoms with E-state index in [1.165, 1.54) is 18.7 Å². The summed E-state index contributed by atoms with van der Waals surface area (Å²) in [4.78, 5) is 36.1. The first-order chi connectivity index (χ1) is 12.4. The molecule has 1 aliphatic heterocycles. The van der Waals surface area contributed by atoms with Gasteiger partial charge in [0.05, 0.1) is 10.9 Å². The van der Waals surface area contributed by atoms with E-state index in [0.29, 0.717) is 22.7 Å². The molecule has 0 bridgehead atoms. The van der Waals surface area contributed by atoms with Crippen molar-refractivity contribution in [3.63, 3.8) is 0 Å². The molecule has 1 atom stereocenters. The summed E-state index contributed by atoms with van der Waals surface area (Å²) in [5, 5.41) is 5.11. The zero-order valence-electron chi connectivity index (χ0n) is 14.4. The molecule has 7 heteroatoms. The van der Waals surface area contributed by atoms with Gasteiger partial charge in [0.15, 0.2) is 12.4 Å². The van der Waals surface area contributed by atoms with Crippen LogP contribution in [-0.2, 0) is 9.59 Å². The number of hydrogen-bond acceptors (Lipinski definition) is 5. The van der Waals surface area contributed by atoms with E-state index in [0.717, 1.165) is 4.90 Å². The minimum absolute atomic E-state index is 0.0129. The Balaban J connectivity index is 1.69. The Hall–Kier alpha value is -2.80. The Morgan fingerprint density at radius 1 is 1.19 bits per heavy atom. The first kappa shape index (κ1) is 18.0. The summed E-state index contributed by atoms with van der Waals surface area (Å²) < 4.78 is 5.31. The quantitative estimate of drug-likeness (QED) is 0.623. The molecule has 26 heavy (non-hydrogen) atoms. The van der Waals surface area contributed by atoms with Crippen molar-refractivity contribution in [2.45, 2.75) is 24.0 Å². The summed E-state index contributed by atoms with van der Waals surface area (Å²) in [6.45, 7) is 3.28. The van der Waals surface area contributed by atoms with E-state index in [9.17, 15) is 14.4 Å². The van der Waals surface area contributed by atoms with Crippen LogP contribution < -0.4 is 15.4 Å². The zero-order chi connectivity index (χ0) is 18.7. The van der Waals surface area contributed by atoms with E-state index >= 15 is 0 Å². The van der Waals surface area contributed by atoms with Gasteiger partial charge in [-0.25, -0.2) is 0 Å². The number of fused-ring (bicyclic) bond motifs is 1. The molecule has 2 amide bonds. The van der Waals surface area contributed by atoms with Crippen molar-refractivity contribution in [3.05, 3.63) is 48.0 Å². The average Bonchev–Trinajstić information content (AvgIpc) is 2.61. The topological polar surface area (TPSA) is 84.5 Å². The van der Waals surface area contributed by atoms with Crippen LogP contribution in [0.4, 0.5) is 11.4 Å². The Kier molecular flexibility index (Phi) is 5.27. The Bertz CT molecular complexity index is 864. The van der Waals surface area contributed by atoms with E-state index in [2.05, 4.69) is 10.6 Å². The summed E-state index contributed by atoms with van der Waals surface area (Å²) in [5.41, 5.74) is 1.75. The number of ether oxygens (including phenoxy) is 1. The van der Waals surface area contributed by atoms with Crippen LogP contribution in [-0.4, -0.2) is 29.5 Å². The van der Waals surface area contributed by atoms with Crippen molar-refractivity contribution in [1.29, 1.82) is 0 Å². The normalized spacial score (nSPS) is 13.8. The molecule has 134 valence electrons. The molecule has 0 radical (unpaired) electrons. The molecular weight excluding hydrogens is 352 g/mol. The van der Waals surface area contributed by atoms with Crippen LogP contribution in [0, 0.1) is 0 Å².